The van der Waals surface area contributed by atoms with Gasteiger partial charge in [0.05, 0.1) is 6.61 Å². The Kier molecular flexibility index (Phi) is 9.39. The summed E-state index contributed by atoms with van der Waals surface area (Å²) >= 11 is 5.77. The van der Waals surface area contributed by atoms with E-state index in [2.05, 4.69) is 0 Å². The number of hydrogen-bond donors (Lipinski definition) is 1. The van der Waals surface area contributed by atoms with E-state index < -0.39 is 0 Å². The number of carbonyl (C=O) groups excluding carboxylic acids is 1. The standard InChI is InChI=1S/C13H19ClN2O2.ClH/c1-16(13(17)7-8-15)9-2-10-18-12-5-3-11(14)4-6-12;/h3-6H,2,7-10,15H2,1H3;1H. The fourth-order valence-corrected chi connectivity index (χ4v) is 1.59. The van der Waals surface area contributed by atoms with Crippen molar-refractivity contribution >= 4 is 29.9 Å². The first kappa shape index (κ1) is 18.0. The molecular weight excluding hydrogens is 287 g/mol. The van der Waals surface area contributed by atoms with Crippen LogP contribution in [0.3, 0.4) is 0 Å². The predicted molar refractivity (Wildman–Crippen MR) is 80.1 cm³/mol. The van der Waals surface area contributed by atoms with E-state index in [4.69, 9.17) is 22.1 Å². The number of hydrogen-bond acceptors (Lipinski definition) is 3. The highest BCUT2D eigenvalue weighted by Gasteiger charge is 2.06. The van der Waals surface area contributed by atoms with Crippen LogP contribution in [0.5, 0.6) is 5.75 Å². The molecule has 0 atom stereocenters. The Hall–Kier alpha value is -0.970. The van der Waals surface area contributed by atoms with Gasteiger partial charge in [0.2, 0.25) is 5.91 Å². The third-order valence-corrected chi connectivity index (χ3v) is 2.76. The molecule has 0 saturated carbocycles. The second-order valence-corrected chi connectivity index (χ2v) is 4.45. The summed E-state index contributed by atoms with van der Waals surface area (Å²) in [6.45, 7) is 1.64. The number of halogens is 2. The molecule has 1 amide bonds. The molecule has 1 rings (SSSR count). The highest BCUT2D eigenvalue weighted by molar-refractivity contribution is 6.30. The maximum Gasteiger partial charge on any atom is 0.223 e. The molecule has 1 aromatic rings. The maximum atomic E-state index is 11.4. The third-order valence-electron chi connectivity index (χ3n) is 2.50. The van der Waals surface area contributed by atoms with Gasteiger partial charge >= 0.3 is 0 Å². The molecule has 0 unspecified atom stereocenters. The van der Waals surface area contributed by atoms with E-state index in [1.165, 1.54) is 0 Å². The molecule has 0 saturated heterocycles. The summed E-state index contributed by atoms with van der Waals surface area (Å²) in [6.07, 6.45) is 1.18. The van der Waals surface area contributed by atoms with E-state index in [1.807, 2.05) is 12.1 Å². The van der Waals surface area contributed by atoms with Gasteiger partial charge in [0, 0.05) is 31.6 Å². The lowest BCUT2D eigenvalue weighted by atomic mass is 10.3. The van der Waals surface area contributed by atoms with E-state index in [-0.39, 0.29) is 18.3 Å². The van der Waals surface area contributed by atoms with Crippen molar-refractivity contribution in [2.24, 2.45) is 5.73 Å². The first-order chi connectivity index (χ1) is 8.63. The average molecular weight is 307 g/mol. The van der Waals surface area contributed by atoms with Crippen LogP contribution >= 0.6 is 24.0 Å². The molecule has 0 radical (unpaired) electrons. The molecule has 6 heteroatoms. The largest absolute Gasteiger partial charge is 0.494 e. The van der Waals surface area contributed by atoms with Gasteiger partial charge in [-0.15, -0.1) is 12.4 Å². The molecule has 19 heavy (non-hydrogen) atoms. The van der Waals surface area contributed by atoms with Gasteiger partial charge in [-0.05, 0) is 30.7 Å². The zero-order chi connectivity index (χ0) is 13.4. The highest BCUT2D eigenvalue weighted by Crippen LogP contribution is 2.15. The minimum Gasteiger partial charge on any atom is -0.494 e. The van der Waals surface area contributed by atoms with E-state index in [1.54, 1.807) is 24.1 Å². The van der Waals surface area contributed by atoms with Gasteiger partial charge in [-0.1, -0.05) is 11.6 Å². The van der Waals surface area contributed by atoms with Gasteiger partial charge in [-0.25, -0.2) is 0 Å². The van der Waals surface area contributed by atoms with Crippen molar-refractivity contribution in [2.45, 2.75) is 12.8 Å². The molecule has 0 fully saturated rings. The molecule has 1 aromatic carbocycles. The number of carbonyl (C=O) groups is 1. The lowest BCUT2D eigenvalue weighted by Crippen LogP contribution is -2.30. The Labute approximate surface area is 125 Å². The number of nitrogens with two attached hydrogens (primary N) is 1. The Morgan fingerprint density at radius 2 is 2.00 bits per heavy atom. The van der Waals surface area contributed by atoms with Crippen molar-refractivity contribution in [3.8, 4) is 5.75 Å². The molecule has 0 spiro atoms. The summed E-state index contributed by atoms with van der Waals surface area (Å²) in [5, 5.41) is 0.689. The number of amides is 1. The van der Waals surface area contributed by atoms with E-state index >= 15 is 0 Å². The first-order valence-electron chi connectivity index (χ1n) is 5.96. The van der Waals surface area contributed by atoms with Crippen LogP contribution in [0.2, 0.25) is 5.02 Å². The van der Waals surface area contributed by atoms with E-state index in [9.17, 15) is 4.79 Å². The van der Waals surface area contributed by atoms with Crippen LogP contribution in [0.25, 0.3) is 0 Å². The Morgan fingerprint density at radius 1 is 1.37 bits per heavy atom. The maximum absolute atomic E-state index is 11.4. The fourth-order valence-electron chi connectivity index (χ4n) is 1.46. The Bertz CT molecular complexity index is 371. The quantitative estimate of drug-likeness (QED) is 0.787. The van der Waals surface area contributed by atoms with Crippen molar-refractivity contribution in [3.63, 3.8) is 0 Å². The van der Waals surface area contributed by atoms with Gasteiger partial charge in [0.15, 0.2) is 0 Å². The number of ether oxygens (including phenoxy) is 1. The minimum atomic E-state index is 0. The van der Waals surface area contributed by atoms with Crippen molar-refractivity contribution in [1.82, 2.24) is 4.90 Å². The van der Waals surface area contributed by atoms with E-state index in [0.717, 1.165) is 12.2 Å². The molecule has 0 heterocycles. The monoisotopic (exact) mass is 306 g/mol. The van der Waals surface area contributed by atoms with Crippen LogP contribution in [0.15, 0.2) is 24.3 Å². The topological polar surface area (TPSA) is 55.6 Å². The Balaban J connectivity index is 0.00000324. The number of rotatable bonds is 7. The molecule has 2 N–H and O–H groups in total. The van der Waals surface area contributed by atoms with Crippen LogP contribution in [0, 0.1) is 0 Å². The van der Waals surface area contributed by atoms with Crippen LogP contribution < -0.4 is 10.5 Å². The highest BCUT2D eigenvalue weighted by atomic mass is 35.5. The smallest absolute Gasteiger partial charge is 0.223 e. The molecule has 108 valence electrons. The van der Waals surface area contributed by atoms with Gasteiger partial charge in [-0.2, -0.15) is 0 Å². The van der Waals surface area contributed by atoms with Gasteiger partial charge in [0.25, 0.3) is 0 Å². The second kappa shape index (κ2) is 9.89. The summed E-state index contributed by atoms with van der Waals surface area (Å²) in [6, 6.07) is 7.22. The molecule has 0 aliphatic heterocycles. The lowest BCUT2D eigenvalue weighted by Gasteiger charge is -2.16. The summed E-state index contributed by atoms with van der Waals surface area (Å²) in [5.41, 5.74) is 5.33. The first-order valence-corrected chi connectivity index (χ1v) is 6.33. The SMILES string of the molecule is CN(CCCOc1ccc(Cl)cc1)C(=O)CCN.Cl. The molecule has 0 aliphatic carbocycles. The summed E-state index contributed by atoms with van der Waals surface area (Å²) < 4.78 is 5.53. The van der Waals surface area contributed by atoms with Crippen LogP contribution in [0.4, 0.5) is 0 Å². The molecule has 0 bridgehead atoms. The average Bonchev–Trinajstić information content (AvgIpc) is 2.36. The summed E-state index contributed by atoms with van der Waals surface area (Å²) in [7, 11) is 1.78. The predicted octanol–water partition coefficient (Wildman–Crippen LogP) is 2.34. The van der Waals surface area contributed by atoms with Crippen molar-refractivity contribution in [2.75, 3.05) is 26.7 Å². The van der Waals surface area contributed by atoms with Gasteiger partial charge in [-0.3, -0.25) is 4.79 Å². The number of nitrogens with zero attached hydrogens (tertiary/aromatic N) is 1. The molecule has 4 nitrogen and oxygen atoms in total. The van der Waals surface area contributed by atoms with Gasteiger partial charge < -0.3 is 15.4 Å². The van der Waals surface area contributed by atoms with Crippen LogP contribution in [0.1, 0.15) is 12.8 Å². The summed E-state index contributed by atoms with van der Waals surface area (Å²) in [4.78, 5) is 13.1. The number of benzene rings is 1. The van der Waals surface area contributed by atoms with Gasteiger partial charge in [0.1, 0.15) is 5.75 Å². The van der Waals surface area contributed by atoms with Crippen molar-refractivity contribution in [1.29, 1.82) is 0 Å². The molecular formula is C13H20Cl2N2O2. The second-order valence-electron chi connectivity index (χ2n) is 4.01. The third kappa shape index (κ3) is 7.25. The van der Waals surface area contributed by atoms with Crippen LogP contribution in [-0.4, -0.2) is 37.6 Å². The normalized spacial score (nSPS) is 9.63. The van der Waals surface area contributed by atoms with Crippen molar-refractivity contribution < 1.29 is 9.53 Å². The Morgan fingerprint density at radius 3 is 2.58 bits per heavy atom. The lowest BCUT2D eigenvalue weighted by molar-refractivity contribution is -0.129. The summed E-state index contributed by atoms with van der Waals surface area (Å²) in [5.74, 6) is 0.860. The zero-order valence-corrected chi connectivity index (χ0v) is 12.5. The molecule has 0 aromatic heterocycles. The van der Waals surface area contributed by atoms with Crippen LogP contribution in [-0.2, 0) is 4.79 Å². The van der Waals surface area contributed by atoms with Crippen molar-refractivity contribution in [3.05, 3.63) is 29.3 Å². The minimum absolute atomic E-state index is 0. The zero-order valence-electron chi connectivity index (χ0n) is 11.0. The fraction of sp³-hybridized carbons (Fsp3) is 0.462. The van der Waals surface area contributed by atoms with E-state index in [0.29, 0.717) is 31.1 Å². The molecule has 0 aliphatic rings.